The molecule has 0 atom stereocenters. The summed E-state index contributed by atoms with van der Waals surface area (Å²) in [5.74, 6) is 0. The van der Waals surface area contributed by atoms with Gasteiger partial charge in [0.05, 0.1) is 13.2 Å². The number of hydrogen-bond donors (Lipinski definition) is 1. The third-order valence-corrected chi connectivity index (χ3v) is 5.31. The number of aryl methyl sites for hydroxylation is 1. The summed E-state index contributed by atoms with van der Waals surface area (Å²) in [7, 11) is 3.27. The van der Waals surface area contributed by atoms with Gasteiger partial charge in [-0.25, -0.2) is 4.79 Å². The first-order valence-corrected chi connectivity index (χ1v) is 10.1. The molecular weight excluding hydrogens is 366 g/mol. The van der Waals surface area contributed by atoms with Crippen molar-refractivity contribution in [3.63, 3.8) is 0 Å². The van der Waals surface area contributed by atoms with Crippen LogP contribution in [0.1, 0.15) is 25.5 Å². The Balaban J connectivity index is 1.99. The molecule has 2 amide bonds. The number of fused-ring (bicyclic) bond motifs is 3. The van der Waals surface area contributed by atoms with E-state index in [9.17, 15) is 4.79 Å². The highest BCUT2D eigenvalue weighted by atomic mass is 16.5. The summed E-state index contributed by atoms with van der Waals surface area (Å²) in [6.07, 6.45) is 0. The lowest BCUT2D eigenvalue weighted by Crippen LogP contribution is -2.39. The molecule has 156 valence electrons. The van der Waals surface area contributed by atoms with E-state index < -0.39 is 0 Å². The average molecular weight is 398 g/mol. The molecule has 0 radical (unpaired) electrons. The second-order valence-corrected chi connectivity index (χ2v) is 7.52. The standard InChI is InChI=1S/C23H31N3O3/c1-16(2)26-20-9-7-6-8-18(20)22-17(3)19(10-11-21(22)26)24-23(27)25(12-14-28-4)13-15-29-5/h6-11,16H,12-15H2,1-5H3,(H,24,27). The van der Waals surface area contributed by atoms with E-state index in [0.717, 1.165) is 11.3 Å². The molecule has 6 heteroatoms. The molecule has 0 saturated carbocycles. The van der Waals surface area contributed by atoms with Crippen LogP contribution in [-0.2, 0) is 9.47 Å². The summed E-state index contributed by atoms with van der Waals surface area (Å²) in [6.45, 7) is 8.46. The molecule has 2 aromatic carbocycles. The van der Waals surface area contributed by atoms with Gasteiger partial charge < -0.3 is 24.3 Å². The smallest absolute Gasteiger partial charge is 0.322 e. The van der Waals surface area contributed by atoms with E-state index in [2.05, 4.69) is 61.0 Å². The number of carbonyl (C=O) groups excluding carboxylic acids is 1. The lowest BCUT2D eigenvalue weighted by atomic mass is 10.1. The number of nitrogens with zero attached hydrogens (tertiary/aromatic N) is 2. The van der Waals surface area contributed by atoms with Crippen LogP contribution in [0.2, 0.25) is 0 Å². The molecule has 0 spiro atoms. The first-order chi connectivity index (χ1) is 14.0. The van der Waals surface area contributed by atoms with Crippen molar-refractivity contribution in [1.82, 2.24) is 9.47 Å². The van der Waals surface area contributed by atoms with Gasteiger partial charge in [0.15, 0.2) is 0 Å². The van der Waals surface area contributed by atoms with E-state index in [0.29, 0.717) is 32.3 Å². The maximum atomic E-state index is 12.9. The number of urea groups is 1. The van der Waals surface area contributed by atoms with E-state index in [1.165, 1.54) is 21.8 Å². The fourth-order valence-corrected chi connectivity index (χ4v) is 3.87. The van der Waals surface area contributed by atoms with Crippen molar-refractivity contribution in [2.45, 2.75) is 26.8 Å². The predicted molar refractivity (Wildman–Crippen MR) is 119 cm³/mol. The van der Waals surface area contributed by atoms with E-state index in [4.69, 9.17) is 9.47 Å². The van der Waals surface area contributed by atoms with Crippen molar-refractivity contribution >= 4 is 33.5 Å². The van der Waals surface area contributed by atoms with E-state index >= 15 is 0 Å². The number of methoxy groups -OCH3 is 2. The quantitative estimate of drug-likeness (QED) is 0.593. The number of amides is 2. The number of nitrogens with one attached hydrogen (secondary N) is 1. The normalized spacial score (nSPS) is 11.5. The largest absolute Gasteiger partial charge is 0.383 e. The first-order valence-electron chi connectivity index (χ1n) is 10.1. The maximum absolute atomic E-state index is 12.9. The van der Waals surface area contributed by atoms with Crippen molar-refractivity contribution in [2.75, 3.05) is 45.8 Å². The predicted octanol–water partition coefficient (Wildman–Crippen LogP) is 4.81. The highest BCUT2D eigenvalue weighted by molar-refractivity contribution is 6.12. The summed E-state index contributed by atoms with van der Waals surface area (Å²) in [6, 6.07) is 12.7. The minimum Gasteiger partial charge on any atom is -0.383 e. The lowest BCUT2D eigenvalue weighted by Gasteiger charge is -2.23. The Morgan fingerprint density at radius 2 is 1.69 bits per heavy atom. The molecule has 0 aliphatic rings. The Labute approximate surface area is 172 Å². The summed E-state index contributed by atoms with van der Waals surface area (Å²) >= 11 is 0. The fraction of sp³-hybridized carbons (Fsp3) is 0.435. The van der Waals surface area contributed by atoms with E-state index in [1.54, 1.807) is 19.1 Å². The van der Waals surface area contributed by atoms with Crippen LogP contribution in [0.5, 0.6) is 0 Å². The molecule has 0 aliphatic heterocycles. The van der Waals surface area contributed by atoms with Gasteiger partial charge in [-0.15, -0.1) is 0 Å². The van der Waals surface area contributed by atoms with Crippen LogP contribution in [0.15, 0.2) is 36.4 Å². The van der Waals surface area contributed by atoms with Gasteiger partial charge in [-0.05, 0) is 44.5 Å². The number of benzene rings is 2. The van der Waals surface area contributed by atoms with Gasteiger partial charge in [-0.3, -0.25) is 0 Å². The van der Waals surface area contributed by atoms with Crippen LogP contribution in [0.3, 0.4) is 0 Å². The molecule has 0 saturated heterocycles. The van der Waals surface area contributed by atoms with Crippen LogP contribution in [0, 0.1) is 6.92 Å². The van der Waals surface area contributed by atoms with Crippen molar-refractivity contribution in [2.24, 2.45) is 0 Å². The number of carbonyl (C=O) groups is 1. The molecule has 3 rings (SSSR count). The van der Waals surface area contributed by atoms with Gasteiger partial charge in [-0.1, -0.05) is 18.2 Å². The van der Waals surface area contributed by atoms with Crippen LogP contribution in [-0.4, -0.2) is 56.0 Å². The summed E-state index contributed by atoms with van der Waals surface area (Å²) in [4.78, 5) is 14.6. The Morgan fingerprint density at radius 1 is 1.03 bits per heavy atom. The van der Waals surface area contributed by atoms with E-state index in [1.807, 2.05) is 6.07 Å². The van der Waals surface area contributed by atoms with E-state index in [-0.39, 0.29) is 6.03 Å². The number of ether oxygens (including phenoxy) is 2. The van der Waals surface area contributed by atoms with Crippen molar-refractivity contribution < 1.29 is 14.3 Å². The number of anilines is 1. The van der Waals surface area contributed by atoms with Gasteiger partial charge in [-0.2, -0.15) is 0 Å². The minimum atomic E-state index is -0.144. The third-order valence-electron chi connectivity index (χ3n) is 5.31. The molecule has 1 heterocycles. The van der Waals surface area contributed by atoms with Crippen molar-refractivity contribution in [1.29, 1.82) is 0 Å². The zero-order valence-corrected chi connectivity index (χ0v) is 18.0. The summed E-state index contributed by atoms with van der Waals surface area (Å²) < 4.78 is 12.6. The highest BCUT2D eigenvalue weighted by Gasteiger charge is 2.18. The van der Waals surface area contributed by atoms with Gasteiger partial charge in [0, 0.05) is 60.8 Å². The van der Waals surface area contributed by atoms with Gasteiger partial charge >= 0.3 is 6.03 Å². The average Bonchev–Trinajstić information content (AvgIpc) is 3.05. The molecule has 29 heavy (non-hydrogen) atoms. The molecule has 0 aliphatic carbocycles. The number of rotatable bonds is 8. The first kappa shape index (κ1) is 21.1. The number of aromatic nitrogens is 1. The monoisotopic (exact) mass is 397 g/mol. The summed E-state index contributed by atoms with van der Waals surface area (Å²) in [5.41, 5.74) is 4.30. The Bertz CT molecular complexity index is 986. The number of para-hydroxylation sites is 1. The molecule has 6 nitrogen and oxygen atoms in total. The highest BCUT2D eigenvalue weighted by Crippen LogP contribution is 2.36. The van der Waals surface area contributed by atoms with Crippen LogP contribution < -0.4 is 5.32 Å². The fourth-order valence-electron chi connectivity index (χ4n) is 3.87. The minimum absolute atomic E-state index is 0.144. The van der Waals surface area contributed by atoms with Gasteiger partial charge in [0.2, 0.25) is 0 Å². The Hall–Kier alpha value is -2.57. The zero-order valence-electron chi connectivity index (χ0n) is 18.0. The molecular formula is C23H31N3O3. The molecule has 0 bridgehead atoms. The third kappa shape index (κ3) is 4.23. The van der Waals surface area contributed by atoms with Crippen molar-refractivity contribution in [3.8, 4) is 0 Å². The molecule has 1 aromatic heterocycles. The lowest BCUT2D eigenvalue weighted by molar-refractivity contribution is 0.127. The number of hydrogen-bond acceptors (Lipinski definition) is 3. The SMILES string of the molecule is COCCN(CCOC)C(=O)Nc1ccc2c(c1C)c1ccccc1n2C(C)C. The van der Waals surface area contributed by atoms with Gasteiger partial charge in [0.1, 0.15) is 0 Å². The maximum Gasteiger partial charge on any atom is 0.322 e. The van der Waals surface area contributed by atoms with Crippen LogP contribution >= 0.6 is 0 Å². The topological polar surface area (TPSA) is 55.7 Å². The molecule has 1 N–H and O–H groups in total. The molecule has 3 aromatic rings. The van der Waals surface area contributed by atoms with Gasteiger partial charge in [0.25, 0.3) is 0 Å². The molecule has 0 unspecified atom stereocenters. The van der Waals surface area contributed by atoms with Crippen LogP contribution in [0.4, 0.5) is 10.5 Å². The Kier molecular flexibility index (Phi) is 6.77. The van der Waals surface area contributed by atoms with Crippen LogP contribution in [0.25, 0.3) is 21.8 Å². The van der Waals surface area contributed by atoms with Crippen molar-refractivity contribution in [3.05, 3.63) is 42.0 Å². The second kappa shape index (κ2) is 9.29. The second-order valence-electron chi connectivity index (χ2n) is 7.52. The molecule has 0 fully saturated rings. The summed E-state index contributed by atoms with van der Waals surface area (Å²) in [5, 5.41) is 5.49. The Morgan fingerprint density at radius 3 is 2.31 bits per heavy atom. The zero-order chi connectivity index (χ0) is 21.0.